The molecular weight excluding hydrogens is 635 g/mol. The van der Waals surface area contributed by atoms with E-state index >= 15 is 0 Å². The van der Waals surface area contributed by atoms with Crippen LogP contribution in [0.2, 0.25) is 10.0 Å². The number of benzene rings is 4. The van der Waals surface area contributed by atoms with Gasteiger partial charge in [-0.1, -0.05) is 71.7 Å². The number of carbonyl (C=O) groups is 2. The van der Waals surface area contributed by atoms with Gasteiger partial charge in [-0.05, 0) is 71.1 Å². The maximum atomic E-state index is 12.3. The first kappa shape index (κ1) is 30.4. The molecule has 1 saturated heterocycles. The molecule has 2 heterocycles. The number of aryl methyl sites for hydroxylation is 1. The molecule has 1 amide bonds. The van der Waals surface area contributed by atoms with Crippen molar-refractivity contribution in [1.82, 2.24) is 14.3 Å². The Morgan fingerprint density at radius 3 is 2.07 bits per heavy atom. The Bertz CT molecular complexity index is 2010. The van der Waals surface area contributed by atoms with Gasteiger partial charge in [0.15, 0.2) is 0 Å². The van der Waals surface area contributed by atoms with E-state index in [0.29, 0.717) is 39.8 Å². The van der Waals surface area contributed by atoms with Crippen molar-refractivity contribution in [3.05, 3.63) is 124 Å². The summed E-state index contributed by atoms with van der Waals surface area (Å²) in [5.74, 6) is -0.673. The normalized spacial score (nSPS) is 14.0. The summed E-state index contributed by atoms with van der Waals surface area (Å²) in [7, 11) is -3.92. The van der Waals surface area contributed by atoms with Crippen molar-refractivity contribution in [3.8, 4) is 28.1 Å². The van der Waals surface area contributed by atoms with Gasteiger partial charge in [-0.15, -0.1) is 0 Å². The van der Waals surface area contributed by atoms with Gasteiger partial charge in [0, 0.05) is 35.3 Å². The van der Waals surface area contributed by atoms with Crippen LogP contribution in [0.25, 0.3) is 28.1 Å². The van der Waals surface area contributed by atoms with Crippen molar-refractivity contribution in [3.63, 3.8) is 0 Å². The lowest BCUT2D eigenvalue weighted by molar-refractivity contribution is -0.137. The second kappa shape index (κ2) is 12.4. The Morgan fingerprint density at radius 2 is 1.49 bits per heavy atom. The molecule has 0 radical (unpaired) electrons. The minimum absolute atomic E-state index is 0.0960. The molecule has 0 bridgehead atoms. The Labute approximate surface area is 269 Å². The highest BCUT2D eigenvalue weighted by atomic mass is 35.5. The van der Waals surface area contributed by atoms with E-state index in [0.717, 1.165) is 38.1 Å². The number of carboxylic acids is 1. The molecule has 6 rings (SSSR count). The SMILES string of the molecule is O=C(O)CCc1ccc(-c2ccc(Cc3nc(-c4ccc(Cl)cc4Cl)cn3-c3ccc(N4CC(=O)NS4(=O)=O)cc3)cc2)cc1. The molecule has 45 heavy (non-hydrogen) atoms. The van der Waals surface area contributed by atoms with Crippen LogP contribution in [0.15, 0.2) is 97.2 Å². The summed E-state index contributed by atoms with van der Waals surface area (Å²) in [4.78, 5) is 27.5. The molecule has 12 heteroatoms. The maximum absolute atomic E-state index is 12.3. The Balaban J connectivity index is 1.29. The highest BCUT2D eigenvalue weighted by Crippen LogP contribution is 2.32. The number of hydrogen-bond donors (Lipinski definition) is 2. The fraction of sp³-hybridized carbons (Fsp3) is 0.121. The molecule has 5 aromatic rings. The third-order valence-electron chi connectivity index (χ3n) is 7.45. The first-order chi connectivity index (χ1) is 21.6. The number of amides is 1. The van der Waals surface area contributed by atoms with Gasteiger partial charge in [-0.3, -0.25) is 9.59 Å². The number of rotatable bonds is 9. The van der Waals surface area contributed by atoms with Crippen LogP contribution < -0.4 is 9.03 Å². The molecule has 9 nitrogen and oxygen atoms in total. The molecular formula is C33H26Cl2N4O5S. The summed E-state index contributed by atoms with van der Waals surface area (Å²) in [6, 6.07) is 28.1. The van der Waals surface area contributed by atoms with E-state index in [2.05, 4.69) is 0 Å². The van der Waals surface area contributed by atoms with Crippen LogP contribution >= 0.6 is 23.2 Å². The van der Waals surface area contributed by atoms with Crippen LogP contribution in [0.4, 0.5) is 5.69 Å². The van der Waals surface area contributed by atoms with E-state index in [4.69, 9.17) is 33.3 Å². The fourth-order valence-corrected chi connectivity index (χ4v) is 6.82. The van der Waals surface area contributed by atoms with Crippen LogP contribution in [-0.4, -0.2) is 41.5 Å². The predicted molar refractivity (Wildman–Crippen MR) is 174 cm³/mol. The van der Waals surface area contributed by atoms with Gasteiger partial charge in [0.1, 0.15) is 12.4 Å². The van der Waals surface area contributed by atoms with Gasteiger partial charge in [-0.2, -0.15) is 8.42 Å². The zero-order chi connectivity index (χ0) is 31.7. The van der Waals surface area contributed by atoms with Crippen LogP contribution in [0.1, 0.15) is 23.4 Å². The first-order valence-corrected chi connectivity index (χ1v) is 16.1. The minimum atomic E-state index is -3.92. The number of nitrogens with zero attached hydrogens (tertiary/aromatic N) is 3. The Hall–Kier alpha value is -4.64. The van der Waals surface area contributed by atoms with Crippen molar-refractivity contribution in [2.75, 3.05) is 10.8 Å². The summed E-state index contributed by atoms with van der Waals surface area (Å²) >= 11 is 12.7. The van der Waals surface area contributed by atoms with Gasteiger partial charge >= 0.3 is 16.2 Å². The second-order valence-electron chi connectivity index (χ2n) is 10.6. The highest BCUT2D eigenvalue weighted by Gasteiger charge is 2.33. The van der Waals surface area contributed by atoms with Crippen molar-refractivity contribution in [2.45, 2.75) is 19.3 Å². The Morgan fingerprint density at radius 1 is 0.867 bits per heavy atom. The average molecular weight is 662 g/mol. The maximum Gasteiger partial charge on any atom is 0.326 e. The lowest BCUT2D eigenvalue weighted by atomic mass is 10.0. The molecule has 228 valence electrons. The first-order valence-electron chi connectivity index (χ1n) is 13.9. The number of carbonyl (C=O) groups excluding carboxylic acids is 1. The van der Waals surface area contributed by atoms with E-state index in [1.165, 1.54) is 0 Å². The molecule has 0 aliphatic carbocycles. The van der Waals surface area contributed by atoms with Crippen LogP contribution in [0, 0.1) is 0 Å². The summed E-state index contributed by atoms with van der Waals surface area (Å²) in [5, 5.41) is 9.90. The number of carboxylic acid groups (broad SMARTS) is 1. The minimum Gasteiger partial charge on any atom is -0.481 e. The summed E-state index contributed by atoms with van der Waals surface area (Å²) < 4.78 is 29.6. The number of imidazole rings is 1. The molecule has 0 saturated carbocycles. The monoisotopic (exact) mass is 660 g/mol. The van der Waals surface area contributed by atoms with E-state index in [1.807, 2.05) is 70.1 Å². The fourth-order valence-electron chi connectivity index (χ4n) is 5.16. The molecule has 1 aromatic heterocycles. The smallest absolute Gasteiger partial charge is 0.326 e. The molecule has 0 spiro atoms. The van der Waals surface area contributed by atoms with Crippen molar-refractivity contribution >= 4 is 51.0 Å². The van der Waals surface area contributed by atoms with Crippen LogP contribution in [-0.2, 0) is 32.6 Å². The topological polar surface area (TPSA) is 122 Å². The average Bonchev–Trinajstić information content (AvgIpc) is 3.55. The van der Waals surface area contributed by atoms with Crippen molar-refractivity contribution in [2.24, 2.45) is 0 Å². The number of nitrogens with one attached hydrogen (secondary N) is 1. The summed E-state index contributed by atoms with van der Waals surface area (Å²) in [5.41, 5.74) is 6.51. The number of aromatic nitrogens is 2. The van der Waals surface area contributed by atoms with Crippen molar-refractivity contribution in [1.29, 1.82) is 0 Å². The van der Waals surface area contributed by atoms with Gasteiger partial charge in [-0.25, -0.2) is 14.0 Å². The Kier molecular flexibility index (Phi) is 8.37. The van der Waals surface area contributed by atoms with E-state index < -0.39 is 22.1 Å². The lowest BCUT2D eigenvalue weighted by Gasteiger charge is -2.15. The predicted octanol–water partition coefficient (Wildman–Crippen LogP) is 6.30. The molecule has 0 unspecified atom stereocenters. The van der Waals surface area contributed by atoms with Crippen LogP contribution in [0.3, 0.4) is 0 Å². The zero-order valence-electron chi connectivity index (χ0n) is 23.7. The van der Waals surface area contributed by atoms with Crippen molar-refractivity contribution < 1.29 is 23.1 Å². The summed E-state index contributed by atoms with van der Waals surface area (Å²) in [6.45, 7) is -0.276. The van der Waals surface area contributed by atoms with Gasteiger partial charge in [0.05, 0.1) is 16.4 Å². The number of anilines is 1. The lowest BCUT2D eigenvalue weighted by Crippen LogP contribution is -2.29. The largest absolute Gasteiger partial charge is 0.481 e. The molecule has 1 aliphatic rings. The second-order valence-corrected chi connectivity index (χ2v) is 13.0. The number of aliphatic carboxylic acids is 1. The molecule has 1 fully saturated rings. The van der Waals surface area contributed by atoms with Gasteiger partial charge in [0.25, 0.3) is 5.91 Å². The molecule has 2 N–H and O–H groups in total. The third-order valence-corrected chi connectivity index (χ3v) is 9.41. The highest BCUT2D eigenvalue weighted by molar-refractivity contribution is 7.92. The molecule has 4 aromatic carbocycles. The third kappa shape index (κ3) is 6.73. The molecule has 0 atom stereocenters. The van der Waals surface area contributed by atoms with Crippen LogP contribution in [0.5, 0.6) is 0 Å². The number of hydrogen-bond acceptors (Lipinski definition) is 5. The number of halogens is 2. The summed E-state index contributed by atoms with van der Waals surface area (Å²) in [6.07, 6.45) is 2.94. The zero-order valence-corrected chi connectivity index (χ0v) is 26.0. The molecule has 1 aliphatic heterocycles. The van der Waals surface area contributed by atoms with E-state index in [-0.39, 0.29) is 13.0 Å². The standard InChI is InChI=1S/C33H26Cl2N4O5S/c34-25-10-15-28(29(35)18-25)30-19-38(26-11-13-27(14-12-26)39-20-32(40)37-45(39,43)44)31(36-30)17-22-3-8-24(9-4-22)23-6-1-21(2-7-23)5-16-33(41)42/h1-4,6-15,18-19H,5,16-17,20H2,(H,37,40)(H,41,42). The van der Waals surface area contributed by atoms with Gasteiger partial charge in [0.2, 0.25) is 0 Å². The van der Waals surface area contributed by atoms with E-state index in [9.17, 15) is 18.0 Å². The van der Waals surface area contributed by atoms with E-state index in [1.54, 1.807) is 36.4 Å². The van der Waals surface area contributed by atoms with Gasteiger partial charge < -0.3 is 9.67 Å². The quantitative estimate of drug-likeness (QED) is 0.191.